The van der Waals surface area contributed by atoms with E-state index in [0.717, 1.165) is 5.56 Å². The van der Waals surface area contributed by atoms with Crippen LogP contribution in [0.5, 0.6) is 0 Å². The molecule has 0 saturated carbocycles. The molecule has 0 amide bonds. The normalized spacial score (nSPS) is 12.9. The van der Waals surface area contributed by atoms with Crippen molar-refractivity contribution in [3.63, 3.8) is 0 Å². The fourth-order valence-electron chi connectivity index (χ4n) is 0.843. The van der Waals surface area contributed by atoms with Crippen LogP contribution >= 0.6 is 0 Å². The Morgan fingerprint density at radius 2 is 2.64 bits per heavy atom. The van der Waals surface area contributed by atoms with Gasteiger partial charge in [-0.1, -0.05) is 13.5 Å². The van der Waals surface area contributed by atoms with Crippen molar-refractivity contribution in [2.24, 2.45) is 5.73 Å². The van der Waals surface area contributed by atoms with Gasteiger partial charge < -0.3 is 5.73 Å². The van der Waals surface area contributed by atoms with Gasteiger partial charge in [-0.25, -0.2) is 4.68 Å². The van der Waals surface area contributed by atoms with E-state index in [2.05, 4.69) is 18.6 Å². The summed E-state index contributed by atoms with van der Waals surface area (Å²) in [5.41, 5.74) is 6.65. The van der Waals surface area contributed by atoms with Crippen LogP contribution in [-0.4, -0.2) is 16.3 Å². The zero-order valence-corrected chi connectivity index (χ0v) is 6.70. The van der Waals surface area contributed by atoms with Gasteiger partial charge in [0.25, 0.3) is 0 Å². The van der Waals surface area contributed by atoms with Gasteiger partial charge in [0.2, 0.25) is 0 Å². The van der Waals surface area contributed by atoms with Crippen molar-refractivity contribution in [3.8, 4) is 0 Å². The monoisotopic (exact) mass is 151 g/mol. The second kappa shape index (κ2) is 3.34. The number of rotatable bonds is 3. The second-order valence-corrected chi connectivity index (χ2v) is 2.57. The van der Waals surface area contributed by atoms with Crippen molar-refractivity contribution in [3.05, 3.63) is 24.5 Å². The van der Waals surface area contributed by atoms with Crippen molar-refractivity contribution in [2.75, 3.05) is 6.54 Å². The molecular weight excluding hydrogens is 138 g/mol. The first-order valence-corrected chi connectivity index (χ1v) is 3.64. The average Bonchev–Trinajstić information content (AvgIpc) is 2.50. The third-order valence-electron chi connectivity index (χ3n) is 1.73. The van der Waals surface area contributed by atoms with Crippen molar-refractivity contribution >= 4 is 6.20 Å². The molecular formula is C8H13N3. The molecule has 3 nitrogen and oxygen atoms in total. The van der Waals surface area contributed by atoms with E-state index in [1.165, 1.54) is 0 Å². The Morgan fingerprint density at radius 3 is 3.09 bits per heavy atom. The highest BCUT2D eigenvalue weighted by Gasteiger charge is 2.03. The lowest BCUT2D eigenvalue weighted by Crippen LogP contribution is -2.07. The summed E-state index contributed by atoms with van der Waals surface area (Å²) < 4.78 is 1.68. The van der Waals surface area contributed by atoms with E-state index < -0.39 is 0 Å². The Bertz CT molecular complexity index is 239. The van der Waals surface area contributed by atoms with E-state index in [4.69, 9.17) is 5.73 Å². The molecule has 60 valence electrons. The lowest BCUT2D eigenvalue weighted by atomic mass is 10.1. The van der Waals surface area contributed by atoms with E-state index in [9.17, 15) is 0 Å². The summed E-state index contributed by atoms with van der Waals surface area (Å²) in [6.07, 6.45) is 5.41. The Balaban J connectivity index is 2.79. The first-order valence-electron chi connectivity index (χ1n) is 3.64. The van der Waals surface area contributed by atoms with Gasteiger partial charge in [0.1, 0.15) is 0 Å². The highest BCUT2D eigenvalue weighted by Crippen LogP contribution is 2.11. The topological polar surface area (TPSA) is 43.8 Å². The number of hydrogen-bond acceptors (Lipinski definition) is 2. The van der Waals surface area contributed by atoms with Crippen molar-refractivity contribution in [1.29, 1.82) is 0 Å². The molecule has 0 aliphatic rings. The van der Waals surface area contributed by atoms with Crippen LogP contribution in [0.25, 0.3) is 6.20 Å². The first-order chi connectivity index (χ1) is 5.27. The molecule has 1 aromatic heterocycles. The molecule has 0 aromatic carbocycles. The Kier molecular flexibility index (Phi) is 2.44. The number of nitrogens with two attached hydrogens (primary N) is 1. The Morgan fingerprint density at radius 1 is 1.91 bits per heavy atom. The molecule has 1 unspecified atom stereocenters. The van der Waals surface area contributed by atoms with Crippen molar-refractivity contribution in [1.82, 2.24) is 9.78 Å². The van der Waals surface area contributed by atoms with Crippen LogP contribution in [0.3, 0.4) is 0 Å². The van der Waals surface area contributed by atoms with Crippen LogP contribution in [0.15, 0.2) is 19.0 Å². The minimum Gasteiger partial charge on any atom is -0.330 e. The summed E-state index contributed by atoms with van der Waals surface area (Å²) in [5.74, 6) is 0.378. The first kappa shape index (κ1) is 8.01. The molecule has 1 rings (SSSR count). The molecule has 1 heterocycles. The highest BCUT2D eigenvalue weighted by atomic mass is 15.2. The van der Waals surface area contributed by atoms with Crippen molar-refractivity contribution < 1.29 is 0 Å². The number of nitrogens with zero attached hydrogens (tertiary/aromatic N) is 2. The molecule has 1 atom stereocenters. The average molecular weight is 151 g/mol. The van der Waals surface area contributed by atoms with Gasteiger partial charge in [-0.2, -0.15) is 5.10 Å². The lowest BCUT2D eigenvalue weighted by molar-refractivity contribution is 0.774. The van der Waals surface area contributed by atoms with Gasteiger partial charge in [-0.15, -0.1) is 0 Å². The van der Waals surface area contributed by atoms with Gasteiger partial charge >= 0.3 is 0 Å². The van der Waals surface area contributed by atoms with E-state index >= 15 is 0 Å². The maximum absolute atomic E-state index is 5.49. The van der Waals surface area contributed by atoms with Crippen LogP contribution in [-0.2, 0) is 0 Å². The van der Waals surface area contributed by atoms with Crippen LogP contribution < -0.4 is 5.73 Å². The smallest absolute Gasteiger partial charge is 0.0529 e. The quantitative estimate of drug-likeness (QED) is 0.701. The maximum atomic E-state index is 5.49. The lowest BCUT2D eigenvalue weighted by Gasteiger charge is -2.02. The SMILES string of the molecule is C=Cn1cc(C(C)CN)cn1. The van der Waals surface area contributed by atoms with Gasteiger partial charge in [-0.3, -0.25) is 0 Å². The number of aromatic nitrogens is 2. The molecule has 0 radical (unpaired) electrons. The fourth-order valence-corrected chi connectivity index (χ4v) is 0.843. The molecule has 11 heavy (non-hydrogen) atoms. The van der Waals surface area contributed by atoms with Crippen LogP contribution in [0.4, 0.5) is 0 Å². The van der Waals surface area contributed by atoms with E-state index in [1.54, 1.807) is 10.9 Å². The third-order valence-corrected chi connectivity index (χ3v) is 1.73. The minimum atomic E-state index is 0.378. The van der Waals surface area contributed by atoms with Gasteiger partial charge in [0.05, 0.1) is 6.20 Å². The van der Waals surface area contributed by atoms with Crippen LogP contribution in [0.1, 0.15) is 18.4 Å². The number of hydrogen-bond donors (Lipinski definition) is 1. The summed E-state index contributed by atoms with van der Waals surface area (Å²) >= 11 is 0. The van der Waals surface area contributed by atoms with Crippen molar-refractivity contribution in [2.45, 2.75) is 12.8 Å². The molecule has 0 saturated heterocycles. The Labute approximate surface area is 66.5 Å². The third kappa shape index (κ3) is 1.68. The molecule has 0 aliphatic heterocycles. The summed E-state index contributed by atoms with van der Waals surface area (Å²) in [4.78, 5) is 0. The van der Waals surface area contributed by atoms with E-state index in [0.29, 0.717) is 12.5 Å². The predicted octanol–water partition coefficient (Wildman–Crippen LogP) is 1.05. The fraction of sp³-hybridized carbons (Fsp3) is 0.375. The predicted molar refractivity (Wildman–Crippen MR) is 46.1 cm³/mol. The van der Waals surface area contributed by atoms with E-state index in [-0.39, 0.29) is 0 Å². The largest absolute Gasteiger partial charge is 0.330 e. The zero-order chi connectivity index (χ0) is 8.27. The minimum absolute atomic E-state index is 0.378. The highest BCUT2D eigenvalue weighted by molar-refractivity contribution is 5.20. The molecule has 0 aliphatic carbocycles. The summed E-state index contributed by atoms with van der Waals surface area (Å²) in [6.45, 7) is 6.33. The second-order valence-electron chi connectivity index (χ2n) is 2.57. The summed E-state index contributed by atoms with van der Waals surface area (Å²) in [5, 5.41) is 4.05. The van der Waals surface area contributed by atoms with Gasteiger partial charge in [0.15, 0.2) is 0 Å². The molecule has 3 heteroatoms. The van der Waals surface area contributed by atoms with Crippen LogP contribution in [0.2, 0.25) is 0 Å². The molecule has 0 fully saturated rings. The molecule has 0 bridgehead atoms. The summed E-state index contributed by atoms with van der Waals surface area (Å²) in [7, 11) is 0. The molecule has 1 aromatic rings. The maximum Gasteiger partial charge on any atom is 0.0529 e. The van der Waals surface area contributed by atoms with Crippen LogP contribution in [0, 0.1) is 0 Å². The zero-order valence-electron chi connectivity index (χ0n) is 6.70. The summed E-state index contributed by atoms with van der Waals surface area (Å²) in [6, 6.07) is 0. The Hall–Kier alpha value is -1.09. The van der Waals surface area contributed by atoms with Gasteiger partial charge in [0, 0.05) is 12.4 Å². The molecule has 0 spiro atoms. The standard InChI is InChI=1S/C8H13N3/c1-3-11-6-8(5-10-11)7(2)4-9/h3,5-7H,1,4,9H2,2H3. The molecule has 2 N–H and O–H groups in total. The van der Waals surface area contributed by atoms with E-state index in [1.807, 2.05) is 12.4 Å². The van der Waals surface area contributed by atoms with Gasteiger partial charge in [-0.05, 0) is 18.0 Å².